The Bertz CT molecular complexity index is 377. The van der Waals surface area contributed by atoms with E-state index in [4.69, 9.17) is 5.11 Å². The number of rotatable bonds is 3. The molecule has 0 aromatic heterocycles. The first-order valence-corrected chi connectivity index (χ1v) is 7.70. The average Bonchev–Trinajstić information content (AvgIpc) is 2.39. The number of hydrogen-bond acceptors (Lipinski definition) is 1. The Morgan fingerprint density at radius 3 is 2.05 bits per heavy atom. The molecule has 1 saturated carbocycles. The third kappa shape index (κ3) is 3.82. The highest BCUT2D eigenvalue weighted by atomic mass is 16.2. The molecular formula is C18H28O. The lowest BCUT2D eigenvalue weighted by Crippen LogP contribution is -2.25. The second kappa shape index (κ2) is 6.09. The van der Waals surface area contributed by atoms with E-state index < -0.39 is 0 Å². The average molecular weight is 260 g/mol. The molecule has 106 valence electrons. The van der Waals surface area contributed by atoms with Crippen LogP contribution >= 0.6 is 0 Å². The van der Waals surface area contributed by atoms with Gasteiger partial charge in [-0.25, -0.2) is 0 Å². The van der Waals surface area contributed by atoms with E-state index >= 15 is 0 Å². The Labute approximate surface area is 118 Å². The molecule has 1 aromatic carbocycles. The van der Waals surface area contributed by atoms with Gasteiger partial charge in [0.2, 0.25) is 0 Å². The molecule has 0 heterocycles. The predicted octanol–water partition coefficient (Wildman–Crippen LogP) is 4.54. The molecule has 0 radical (unpaired) electrons. The minimum atomic E-state index is 0.246. The number of benzene rings is 1. The highest BCUT2D eigenvalue weighted by Gasteiger charge is 2.29. The van der Waals surface area contributed by atoms with E-state index in [1.54, 1.807) is 0 Å². The van der Waals surface area contributed by atoms with Gasteiger partial charge in [0.05, 0.1) is 0 Å². The lowest BCUT2D eigenvalue weighted by Gasteiger charge is -2.37. The largest absolute Gasteiger partial charge is 0.396 e. The summed E-state index contributed by atoms with van der Waals surface area (Å²) in [7, 11) is 0. The van der Waals surface area contributed by atoms with E-state index in [0.717, 1.165) is 18.3 Å². The van der Waals surface area contributed by atoms with Gasteiger partial charge in [-0.15, -0.1) is 0 Å². The van der Waals surface area contributed by atoms with Gasteiger partial charge in [-0.3, -0.25) is 0 Å². The topological polar surface area (TPSA) is 20.2 Å². The maximum atomic E-state index is 8.94. The maximum Gasteiger partial charge on any atom is 0.0471 e. The summed E-state index contributed by atoms with van der Waals surface area (Å²) in [6.07, 6.45) is 6.18. The fourth-order valence-corrected chi connectivity index (χ4v) is 3.38. The predicted molar refractivity (Wildman–Crippen MR) is 81.4 cm³/mol. The summed E-state index contributed by atoms with van der Waals surface area (Å²) in [5.41, 5.74) is 3.21. The maximum absolute atomic E-state index is 8.94. The molecule has 0 spiro atoms. The van der Waals surface area contributed by atoms with Crippen LogP contribution < -0.4 is 0 Å². The molecule has 0 amide bonds. The van der Waals surface area contributed by atoms with Gasteiger partial charge in [0, 0.05) is 6.61 Å². The van der Waals surface area contributed by atoms with Crippen LogP contribution in [0.15, 0.2) is 24.3 Å². The Balaban J connectivity index is 1.94. The molecule has 1 aliphatic carbocycles. The molecule has 19 heavy (non-hydrogen) atoms. The van der Waals surface area contributed by atoms with E-state index in [9.17, 15) is 0 Å². The summed E-state index contributed by atoms with van der Waals surface area (Å²) in [6, 6.07) is 8.91. The van der Waals surface area contributed by atoms with Gasteiger partial charge in [-0.2, -0.15) is 0 Å². The summed E-state index contributed by atoms with van der Waals surface area (Å²) < 4.78 is 0. The molecule has 1 nitrogen and oxygen atoms in total. The molecule has 2 rings (SSSR count). The Morgan fingerprint density at radius 2 is 1.58 bits per heavy atom. The van der Waals surface area contributed by atoms with Crippen molar-refractivity contribution in [1.29, 1.82) is 0 Å². The zero-order chi connectivity index (χ0) is 13.9. The quantitative estimate of drug-likeness (QED) is 0.846. The fraction of sp³-hybridized carbons (Fsp3) is 0.667. The van der Waals surface area contributed by atoms with Crippen LogP contribution in [0.4, 0.5) is 0 Å². The van der Waals surface area contributed by atoms with Crippen LogP contribution in [0, 0.1) is 11.3 Å². The molecule has 0 aliphatic heterocycles. The normalized spacial score (nSPS) is 24.4. The molecule has 1 aliphatic rings. The molecule has 0 saturated heterocycles. The van der Waals surface area contributed by atoms with Crippen molar-refractivity contribution in [1.82, 2.24) is 0 Å². The molecule has 0 unspecified atom stereocenters. The van der Waals surface area contributed by atoms with Crippen molar-refractivity contribution in [2.45, 2.75) is 58.8 Å². The van der Waals surface area contributed by atoms with Gasteiger partial charge < -0.3 is 5.11 Å². The standard InChI is InChI=1S/C18H28O/c1-18(2,3)17-10-8-16(9-11-17)15-6-4-14(5-7-15)12-13-19/h4-7,16-17,19H,8-13H2,1-3H3. The first kappa shape index (κ1) is 14.6. The summed E-state index contributed by atoms with van der Waals surface area (Å²) in [5, 5.41) is 8.94. The van der Waals surface area contributed by atoms with E-state index in [0.29, 0.717) is 5.41 Å². The van der Waals surface area contributed by atoms with Crippen molar-refractivity contribution in [3.05, 3.63) is 35.4 Å². The van der Waals surface area contributed by atoms with Crippen LogP contribution in [0.3, 0.4) is 0 Å². The molecule has 1 aromatic rings. The van der Waals surface area contributed by atoms with Gasteiger partial charge in [0.25, 0.3) is 0 Å². The van der Waals surface area contributed by atoms with Crippen molar-refractivity contribution in [2.75, 3.05) is 6.61 Å². The van der Waals surface area contributed by atoms with Gasteiger partial charge in [-0.05, 0) is 60.5 Å². The Hall–Kier alpha value is -0.820. The Morgan fingerprint density at radius 1 is 1.00 bits per heavy atom. The molecule has 0 bridgehead atoms. The highest BCUT2D eigenvalue weighted by Crippen LogP contribution is 2.43. The molecule has 0 atom stereocenters. The van der Waals surface area contributed by atoms with Crippen molar-refractivity contribution < 1.29 is 5.11 Å². The smallest absolute Gasteiger partial charge is 0.0471 e. The zero-order valence-corrected chi connectivity index (χ0v) is 12.7. The van der Waals surface area contributed by atoms with Gasteiger partial charge in [0.1, 0.15) is 0 Å². The molecule has 1 N–H and O–H groups in total. The van der Waals surface area contributed by atoms with Crippen molar-refractivity contribution >= 4 is 0 Å². The van der Waals surface area contributed by atoms with Gasteiger partial charge in [0.15, 0.2) is 0 Å². The Kier molecular flexibility index (Phi) is 4.67. The third-order valence-corrected chi connectivity index (χ3v) is 4.80. The number of aliphatic hydroxyl groups excluding tert-OH is 1. The molecule has 1 fully saturated rings. The number of aliphatic hydroxyl groups is 1. The van der Waals surface area contributed by atoms with Crippen molar-refractivity contribution in [3.63, 3.8) is 0 Å². The van der Waals surface area contributed by atoms with Crippen LogP contribution in [-0.4, -0.2) is 11.7 Å². The van der Waals surface area contributed by atoms with Gasteiger partial charge in [-0.1, -0.05) is 45.0 Å². The summed E-state index contributed by atoms with van der Waals surface area (Å²) in [5.74, 6) is 1.64. The van der Waals surface area contributed by atoms with E-state index in [1.165, 1.54) is 36.8 Å². The number of hydrogen-bond donors (Lipinski definition) is 1. The van der Waals surface area contributed by atoms with Crippen LogP contribution in [0.1, 0.15) is 63.5 Å². The highest BCUT2D eigenvalue weighted by molar-refractivity contribution is 5.26. The zero-order valence-electron chi connectivity index (χ0n) is 12.7. The minimum absolute atomic E-state index is 0.246. The SMILES string of the molecule is CC(C)(C)C1CCC(c2ccc(CCO)cc2)CC1. The second-order valence-corrected chi connectivity index (χ2v) is 7.13. The first-order chi connectivity index (χ1) is 9.00. The first-order valence-electron chi connectivity index (χ1n) is 7.70. The van der Waals surface area contributed by atoms with Crippen LogP contribution in [-0.2, 0) is 6.42 Å². The van der Waals surface area contributed by atoms with Crippen molar-refractivity contribution in [3.8, 4) is 0 Å². The summed E-state index contributed by atoms with van der Waals surface area (Å²) >= 11 is 0. The monoisotopic (exact) mass is 260 g/mol. The molecular weight excluding hydrogens is 232 g/mol. The van der Waals surface area contributed by atoms with Crippen molar-refractivity contribution in [2.24, 2.45) is 11.3 Å². The van der Waals surface area contributed by atoms with E-state index in [1.807, 2.05) is 0 Å². The third-order valence-electron chi connectivity index (χ3n) is 4.80. The summed E-state index contributed by atoms with van der Waals surface area (Å²) in [4.78, 5) is 0. The lowest BCUT2D eigenvalue weighted by atomic mass is 9.68. The lowest BCUT2D eigenvalue weighted by molar-refractivity contribution is 0.169. The minimum Gasteiger partial charge on any atom is -0.396 e. The molecule has 1 heteroatoms. The van der Waals surface area contributed by atoms with E-state index in [-0.39, 0.29) is 6.61 Å². The van der Waals surface area contributed by atoms with E-state index in [2.05, 4.69) is 45.0 Å². The fourth-order valence-electron chi connectivity index (χ4n) is 3.38. The van der Waals surface area contributed by atoms with Crippen LogP contribution in [0.25, 0.3) is 0 Å². The van der Waals surface area contributed by atoms with Crippen LogP contribution in [0.5, 0.6) is 0 Å². The second-order valence-electron chi connectivity index (χ2n) is 7.13. The van der Waals surface area contributed by atoms with Gasteiger partial charge >= 0.3 is 0 Å². The summed E-state index contributed by atoms with van der Waals surface area (Å²) in [6.45, 7) is 7.38. The van der Waals surface area contributed by atoms with Crippen LogP contribution in [0.2, 0.25) is 0 Å².